The number of ether oxygens (including phenoxy) is 3. The average Bonchev–Trinajstić information content (AvgIpc) is 2.32. The molecule has 0 aromatic heterocycles. The van der Waals surface area contributed by atoms with Crippen LogP contribution in [0.4, 0.5) is 0 Å². The Morgan fingerprint density at radius 3 is 2.71 bits per heavy atom. The Balaban J connectivity index is 4.09. The molecule has 0 rings (SSSR count). The summed E-state index contributed by atoms with van der Waals surface area (Å²) in [5.74, 6) is -0.654. The van der Waals surface area contributed by atoms with Crippen molar-refractivity contribution < 1.29 is 19.0 Å². The first-order valence-electron chi connectivity index (χ1n) is 5.66. The molecule has 0 saturated heterocycles. The SMILES string of the molecule is CCCOC(=O)/C(C#N)=C/OCC(C)OCC. The van der Waals surface area contributed by atoms with E-state index in [2.05, 4.69) is 0 Å². The third kappa shape index (κ3) is 7.36. The molecule has 0 aromatic carbocycles. The molecular weight excluding hydrogens is 222 g/mol. The highest BCUT2D eigenvalue weighted by Crippen LogP contribution is 2.00. The highest BCUT2D eigenvalue weighted by molar-refractivity contribution is 5.92. The van der Waals surface area contributed by atoms with Crippen LogP contribution in [0, 0.1) is 11.3 Å². The van der Waals surface area contributed by atoms with Gasteiger partial charge in [-0.3, -0.25) is 0 Å². The van der Waals surface area contributed by atoms with Gasteiger partial charge in [0.25, 0.3) is 0 Å². The summed E-state index contributed by atoms with van der Waals surface area (Å²) < 4.78 is 15.1. The molecule has 1 atom stereocenters. The molecule has 17 heavy (non-hydrogen) atoms. The van der Waals surface area contributed by atoms with Gasteiger partial charge in [-0.15, -0.1) is 0 Å². The highest BCUT2D eigenvalue weighted by Gasteiger charge is 2.10. The monoisotopic (exact) mass is 241 g/mol. The third-order valence-corrected chi connectivity index (χ3v) is 1.76. The normalized spacial score (nSPS) is 12.7. The molecule has 0 aliphatic rings. The fourth-order valence-corrected chi connectivity index (χ4v) is 0.992. The van der Waals surface area contributed by atoms with E-state index in [1.807, 2.05) is 20.8 Å². The molecule has 0 N–H and O–H groups in total. The van der Waals surface area contributed by atoms with Crippen LogP contribution in [0.5, 0.6) is 0 Å². The van der Waals surface area contributed by atoms with E-state index in [0.29, 0.717) is 26.2 Å². The molecular formula is C12H19NO4. The van der Waals surface area contributed by atoms with Crippen LogP contribution < -0.4 is 0 Å². The molecule has 96 valence electrons. The number of hydrogen-bond acceptors (Lipinski definition) is 5. The standard InChI is InChI=1S/C12H19NO4/c1-4-6-17-12(14)11(7-13)9-15-8-10(3)16-5-2/h9-10H,4-6,8H2,1-3H3/b11-9+. The molecule has 5 nitrogen and oxygen atoms in total. The van der Waals surface area contributed by atoms with Crippen molar-refractivity contribution in [2.24, 2.45) is 0 Å². The smallest absolute Gasteiger partial charge is 0.352 e. The fourth-order valence-electron chi connectivity index (χ4n) is 0.992. The zero-order valence-corrected chi connectivity index (χ0v) is 10.6. The van der Waals surface area contributed by atoms with Crippen LogP contribution in [0.25, 0.3) is 0 Å². The molecule has 0 radical (unpaired) electrons. The zero-order chi connectivity index (χ0) is 13.1. The van der Waals surface area contributed by atoms with E-state index in [1.165, 1.54) is 0 Å². The molecule has 0 aromatic rings. The van der Waals surface area contributed by atoms with Gasteiger partial charge in [0.1, 0.15) is 18.9 Å². The Morgan fingerprint density at radius 2 is 2.18 bits per heavy atom. The summed E-state index contributed by atoms with van der Waals surface area (Å²) in [7, 11) is 0. The molecule has 0 fully saturated rings. The molecule has 1 unspecified atom stereocenters. The second kappa shape index (κ2) is 9.67. The van der Waals surface area contributed by atoms with Gasteiger partial charge >= 0.3 is 5.97 Å². The number of esters is 1. The van der Waals surface area contributed by atoms with E-state index >= 15 is 0 Å². The number of hydrogen-bond donors (Lipinski definition) is 0. The summed E-state index contributed by atoms with van der Waals surface area (Å²) in [5, 5.41) is 8.73. The van der Waals surface area contributed by atoms with Crippen LogP contribution in [0.3, 0.4) is 0 Å². The van der Waals surface area contributed by atoms with Crippen molar-refractivity contribution >= 4 is 5.97 Å². The molecule has 0 aliphatic heterocycles. The lowest BCUT2D eigenvalue weighted by Gasteiger charge is -2.10. The maximum absolute atomic E-state index is 11.3. The van der Waals surface area contributed by atoms with Gasteiger partial charge in [0.2, 0.25) is 0 Å². The van der Waals surface area contributed by atoms with Gasteiger partial charge in [-0.25, -0.2) is 4.79 Å². The van der Waals surface area contributed by atoms with Crippen molar-refractivity contribution in [2.75, 3.05) is 19.8 Å². The van der Waals surface area contributed by atoms with Crippen molar-refractivity contribution in [3.05, 3.63) is 11.8 Å². The minimum Gasteiger partial charge on any atom is -0.497 e. The Bertz CT molecular complexity index is 293. The average molecular weight is 241 g/mol. The molecule has 0 aliphatic carbocycles. The maximum atomic E-state index is 11.3. The fraction of sp³-hybridized carbons (Fsp3) is 0.667. The molecule has 0 saturated carbocycles. The Kier molecular flexibility index (Phi) is 8.79. The van der Waals surface area contributed by atoms with E-state index < -0.39 is 5.97 Å². The quantitative estimate of drug-likeness (QED) is 0.280. The minimum atomic E-state index is -0.654. The van der Waals surface area contributed by atoms with Crippen molar-refractivity contribution in [1.29, 1.82) is 5.26 Å². The summed E-state index contributed by atoms with van der Waals surface area (Å²) in [6.07, 6.45) is 1.75. The van der Waals surface area contributed by atoms with Gasteiger partial charge in [-0.1, -0.05) is 6.92 Å². The molecule has 0 heterocycles. The van der Waals surface area contributed by atoms with Crippen LogP contribution in [-0.4, -0.2) is 31.9 Å². The minimum absolute atomic E-state index is 0.0807. The van der Waals surface area contributed by atoms with Crippen LogP contribution in [0.1, 0.15) is 27.2 Å². The number of rotatable bonds is 8. The second-order valence-electron chi connectivity index (χ2n) is 3.38. The van der Waals surface area contributed by atoms with Gasteiger partial charge in [0, 0.05) is 6.61 Å². The number of carbonyl (C=O) groups is 1. The molecule has 0 spiro atoms. The van der Waals surface area contributed by atoms with Gasteiger partial charge in [-0.05, 0) is 20.3 Å². The third-order valence-electron chi connectivity index (χ3n) is 1.76. The van der Waals surface area contributed by atoms with E-state index in [1.54, 1.807) is 6.07 Å². The number of carbonyl (C=O) groups excluding carboxylic acids is 1. The predicted molar refractivity (Wildman–Crippen MR) is 62.0 cm³/mol. The number of nitriles is 1. The van der Waals surface area contributed by atoms with E-state index in [9.17, 15) is 4.79 Å². The van der Waals surface area contributed by atoms with Crippen molar-refractivity contribution in [3.8, 4) is 6.07 Å². The lowest BCUT2D eigenvalue weighted by atomic mass is 10.3. The lowest BCUT2D eigenvalue weighted by Crippen LogP contribution is -2.15. The second-order valence-corrected chi connectivity index (χ2v) is 3.38. The first-order chi connectivity index (χ1) is 8.15. The first kappa shape index (κ1) is 15.5. The summed E-state index contributed by atoms with van der Waals surface area (Å²) in [5.41, 5.74) is -0.137. The summed E-state index contributed by atoms with van der Waals surface area (Å²) in [6, 6.07) is 1.74. The summed E-state index contributed by atoms with van der Waals surface area (Å²) >= 11 is 0. The maximum Gasteiger partial charge on any atom is 0.352 e. The molecule has 0 amide bonds. The zero-order valence-electron chi connectivity index (χ0n) is 10.6. The van der Waals surface area contributed by atoms with Crippen molar-refractivity contribution in [1.82, 2.24) is 0 Å². The van der Waals surface area contributed by atoms with E-state index in [4.69, 9.17) is 19.5 Å². The lowest BCUT2D eigenvalue weighted by molar-refractivity contribution is -0.138. The van der Waals surface area contributed by atoms with Crippen LogP contribution in [0.2, 0.25) is 0 Å². The van der Waals surface area contributed by atoms with Crippen molar-refractivity contribution in [3.63, 3.8) is 0 Å². The number of nitrogens with zero attached hydrogens (tertiary/aromatic N) is 1. The summed E-state index contributed by atoms with van der Waals surface area (Å²) in [6.45, 7) is 6.79. The van der Waals surface area contributed by atoms with Crippen LogP contribution in [-0.2, 0) is 19.0 Å². The van der Waals surface area contributed by atoms with Gasteiger partial charge in [-0.2, -0.15) is 5.26 Å². The molecule has 5 heteroatoms. The Hall–Kier alpha value is -1.54. The van der Waals surface area contributed by atoms with Crippen molar-refractivity contribution in [2.45, 2.75) is 33.3 Å². The van der Waals surface area contributed by atoms with Gasteiger partial charge < -0.3 is 14.2 Å². The van der Waals surface area contributed by atoms with E-state index in [0.717, 1.165) is 6.26 Å². The van der Waals surface area contributed by atoms with Gasteiger partial charge in [0.05, 0.1) is 12.7 Å². The molecule has 0 bridgehead atoms. The summed E-state index contributed by atoms with van der Waals surface area (Å²) in [4.78, 5) is 11.3. The van der Waals surface area contributed by atoms with E-state index in [-0.39, 0.29) is 11.7 Å². The topological polar surface area (TPSA) is 68.6 Å². The predicted octanol–water partition coefficient (Wildman–Crippen LogP) is 1.79. The van der Waals surface area contributed by atoms with Crippen LogP contribution >= 0.6 is 0 Å². The van der Waals surface area contributed by atoms with Crippen LogP contribution in [0.15, 0.2) is 11.8 Å². The largest absolute Gasteiger partial charge is 0.497 e. The Labute approximate surface area is 102 Å². The first-order valence-corrected chi connectivity index (χ1v) is 5.66. The van der Waals surface area contributed by atoms with Gasteiger partial charge in [0.15, 0.2) is 5.57 Å². The Morgan fingerprint density at radius 1 is 1.47 bits per heavy atom. The highest BCUT2D eigenvalue weighted by atomic mass is 16.5.